The summed E-state index contributed by atoms with van der Waals surface area (Å²) in [4.78, 5) is 2.23. The number of aliphatic hydroxyl groups excluding tert-OH is 1. The van der Waals surface area contributed by atoms with Crippen LogP contribution in [0.3, 0.4) is 0 Å². The predicted molar refractivity (Wildman–Crippen MR) is 68.4 cm³/mol. The van der Waals surface area contributed by atoms with E-state index >= 15 is 0 Å². The molecule has 1 saturated heterocycles. The summed E-state index contributed by atoms with van der Waals surface area (Å²) in [7, 11) is 0. The van der Waals surface area contributed by atoms with Gasteiger partial charge in [-0.1, -0.05) is 0 Å². The van der Waals surface area contributed by atoms with Crippen molar-refractivity contribution in [2.75, 3.05) is 39.4 Å². The summed E-state index contributed by atoms with van der Waals surface area (Å²) in [6, 6.07) is 3.93. The third-order valence-corrected chi connectivity index (χ3v) is 3.20. The molecule has 0 spiro atoms. The van der Waals surface area contributed by atoms with Crippen molar-refractivity contribution in [2.45, 2.75) is 19.1 Å². The van der Waals surface area contributed by atoms with Crippen LogP contribution in [0.15, 0.2) is 22.8 Å². The molecule has 2 heterocycles. The number of morpholine rings is 1. The highest BCUT2D eigenvalue weighted by Crippen LogP contribution is 2.11. The van der Waals surface area contributed by atoms with Crippen molar-refractivity contribution in [3.8, 4) is 0 Å². The average molecular weight is 254 g/mol. The molecule has 0 aliphatic carbocycles. The predicted octanol–water partition coefficient (Wildman–Crippen LogP) is 0.623. The summed E-state index contributed by atoms with van der Waals surface area (Å²) in [5, 5.41) is 13.2. The SMILES string of the molecule is CC(NCC(O)CN1CCOCC1)c1ccco1. The van der Waals surface area contributed by atoms with E-state index < -0.39 is 0 Å². The maximum atomic E-state index is 9.97. The molecule has 0 amide bonds. The number of aliphatic hydroxyl groups is 1. The number of nitrogens with zero attached hydrogens (tertiary/aromatic N) is 1. The van der Waals surface area contributed by atoms with E-state index in [2.05, 4.69) is 10.2 Å². The van der Waals surface area contributed by atoms with Gasteiger partial charge in [-0.15, -0.1) is 0 Å². The molecule has 0 radical (unpaired) electrons. The number of rotatable bonds is 6. The number of β-amino-alcohol motifs (C(OH)–C–C–N with tert-alkyl or cyclic N) is 1. The van der Waals surface area contributed by atoms with Crippen LogP contribution in [0.4, 0.5) is 0 Å². The molecule has 2 N–H and O–H groups in total. The van der Waals surface area contributed by atoms with Gasteiger partial charge in [-0.3, -0.25) is 4.90 Å². The zero-order chi connectivity index (χ0) is 12.8. The van der Waals surface area contributed by atoms with Crippen molar-refractivity contribution < 1.29 is 14.3 Å². The van der Waals surface area contributed by atoms with Gasteiger partial charge in [0.05, 0.1) is 31.6 Å². The van der Waals surface area contributed by atoms with Crippen molar-refractivity contribution in [1.29, 1.82) is 0 Å². The summed E-state index contributed by atoms with van der Waals surface area (Å²) >= 11 is 0. The molecular weight excluding hydrogens is 232 g/mol. The summed E-state index contributed by atoms with van der Waals surface area (Å²) in [6.07, 6.45) is 1.30. The van der Waals surface area contributed by atoms with E-state index in [9.17, 15) is 5.11 Å². The molecule has 1 aromatic heterocycles. The average Bonchev–Trinajstić information content (AvgIpc) is 2.91. The lowest BCUT2D eigenvalue weighted by atomic mass is 10.2. The van der Waals surface area contributed by atoms with Crippen LogP contribution in [-0.4, -0.2) is 55.5 Å². The van der Waals surface area contributed by atoms with Crippen LogP contribution >= 0.6 is 0 Å². The van der Waals surface area contributed by atoms with Gasteiger partial charge in [-0.05, 0) is 19.1 Å². The van der Waals surface area contributed by atoms with Gasteiger partial charge in [0.2, 0.25) is 0 Å². The Morgan fingerprint density at radius 1 is 1.44 bits per heavy atom. The second-order valence-corrected chi connectivity index (χ2v) is 4.71. The second kappa shape index (κ2) is 6.89. The quantitative estimate of drug-likeness (QED) is 0.779. The summed E-state index contributed by atoms with van der Waals surface area (Å²) in [5.74, 6) is 0.897. The van der Waals surface area contributed by atoms with Gasteiger partial charge in [0.1, 0.15) is 5.76 Å². The first-order valence-corrected chi connectivity index (χ1v) is 6.50. The number of ether oxygens (including phenoxy) is 1. The lowest BCUT2D eigenvalue weighted by Crippen LogP contribution is -2.44. The van der Waals surface area contributed by atoms with Gasteiger partial charge in [-0.25, -0.2) is 0 Å². The molecular formula is C13H22N2O3. The fraction of sp³-hybridized carbons (Fsp3) is 0.692. The van der Waals surface area contributed by atoms with Crippen LogP contribution in [-0.2, 0) is 4.74 Å². The number of hydrogen-bond donors (Lipinski definition) is 2. The summed E-state index contributed by atoms with van der Waals surface area (Å²) in [6.45, 7) is 6.64. The van der Waals surface area contributed by atoms with Crippen molar-refractivity contribution in [1.82, 2.24) is 10.2 Å². The molecule has 1 aliphatic heterocycles. The molecule has 0 aromatic carbocycles. The fourth-order valence-corrected chi connectivity index (χ4v) is 2.10. The fourth-order valence-electron chi connectivity index (χ4n) is 2.10. The van der Waals surface area contributed by atoms with Gasteiger partial charge in [0, 0.05) is 26.2 Å². The standard InChI is InChI=1S/C13H22N2O3/c1-11(13-3-2-6-18-13)14-9-12(16)10-15-4-7-17-8-5-15/h2-3,6,11-12,14,16H,4-5,7-10H2,1H3. The maximum absolute atomic E-state index is 9.97. The Morgan fingerprint density at radius 3 is 2.89 bits per heavy atom. The monoisotopic (exact) mass is 254 g/mol. The summed E-state index contributed by atoms with van der Waals surface area (Å²) in [5.41, 5.74) is 0. The Balaban J connectivity index is 1.66. The zero-order valence-electron chi connectivity index (χ0n) is 10.8. The van der Waals surface area contributed by atoms with E-state index in [1.54, 1.807) is 6.26 Å². The van der Waals surface area contributed by atoms with Crippen molar-refractivity contribution in [3.63, 3.8) is 0 Å². The van der Waals surface area contributed by atoms with Crippen molar-refractivity contribution >= 4 is 0 Å². The van der Waals surface area contributed by atoms with Gasteiger partial charge < -0.3 is 19.6 Å². The van der Waals surface area contributed by atoms with Gasteiger partial charge in [0.15, 0.2) is 0 Å². The third kappa shape index (κ3) is 4.10. The molecule has 5 heteroatoms. The molecule has 0 bridgehead atoms. The maximum Gasteiger partial charge on any atom is 0.120 e. The number of furan rings is 1. The first-order chi connectivity index (χ1) is 8.75. The minimum Gasteiger partial charge on any atom is -0.468 e. The Kier molecular flexibility index (Phi) is 5.19. The van der Waals surface area contributed by atoms with Gasteiger partial charge in [0.25, 0.3) is 0 Å². The highest BCUT2D eigenvalue weighted by molar-refractivity contribution is 5.02. The van der Waals surface area contributed by atoms with E-state index in [-0.39, 0.29) is 12.1 Å². The Morgan fingerprint density at radius 2 is 2.22 bits per heavy atom. The Bertz CT molecular complexity index is 323. The lowest BCUT2D eigenvalue weighted by Gasteiger charge is -2.28. The summed E-state index contributed by atoms with van der Waals surface area (Å²) < 4.78 is 10.6. The minimum absolute atomic E-state index is 0.124. The van der Waals surface area contributed by atoms with Gasteiger partial charge in [-0.2, -0.15) is 0 Å². The van der Waals surface area contributed by atoms with Gasteiger partial charge >= 0.3 is 0 Å². The highest BCUT2D eigenvalue weighted by atomic mass is 16.5. The van der Waals surface area contributed by atoms with E-state index in [0.29, 0.717) is 13.1 Å². The van der Waals surface area contributed by atoms with Crippen LogP contribution in [0.2, 0.25) is 0 Å². The van der Waals surface area contributed by atoms with Crippen LogP contribution in [0.1, 0.15) is 18.7 Å². The van der Waals surface area contributed by atoms with Crippen molar-refractivity contribution in [3.05, 3.63) is 24.2 Å². The smallest absolute Gasteiger partial charge is 0.120 e. The Hall–Kier alpha value is -0.880. The van der Waals surface area contributed by atoms with Crippen LogP contribution in [0, 0.1) is 0 Å². The Labute approximate surface area is 108 Å². The van der Waals surface area contributed by atoms with Crippen LogP contribution < -0.4 is 5.32 Å². The topological polar surface area (TPSA) is 57.9 Å². The molecule has 2 atom stereocenters. The lowest BCUT2D eigenvalue weighted by molar-refractivity contribution is 0.0144. The van der Waals surface area contributed by atoms with E-state index in [1.165, 1.54) is 0 Å². The number of nitrogens with one attached hydrogen (secondary N) is 1. The minimum atomic E-state index is -0.361. The van der Waals surface area contributed by atoms with E-state index in [0.717, 1.165) is 32.1 Å². The van der Waals surface area contributed by atoms with E-state index in [4.69, 9.17) is 9.15 Å². The highest BCUT2D eigenvalue weighted by Gasteiger charge is 2.16. The molecule has 5 nitrogen and oxygen atoms in total. The molecule has 1 aromatic rings. The molecule has 0 saturated carbocycles. The largest absolute Gasteiger partial charge is 0.468 e. The van der Waals surface area contributed by atoms with Crippen LogP contribution in [0.5, 0.6) is 0 Å². The molecule has 102 valence electrons. The molecule has 1 fully saturated rings. The molecule has 1 aliphatic rings. The van der Waals surface area contributed by atoms with E-state index in [1.807, 2.05) is 19.1 Å². The van der Waals surface area contributed by atoms with Crippen LogP contribution in [0.25, 0.3) is 0 Å². The molecule has 2 unspecified atom stereocenters. The first-order valence-electron chi connectivity index (χ1n) is 6.50. The molecule has 2 rings (SSSR count). The third-order valence-electron chi connectivity index (χ3n) is 3.20. The first kappa shape index (κ1) is 13.5. The zero-order valence-corrected chi connectivity index (χ0v) is 10.8. The van der Waals surface area contributed by atoms with Crippen molar-refractivity contribution in [2.24, 2.45) is 0 Å². The normalized spacial score (nSPS) is 20.8. The number of hydrogen-bond acceptors (Lipinski definition) is 5. The molecule has 18 heavy (non-hydrogen) atoms. The second-order valence-electron chi connectivity index (χ2n) is 4.71.